The summed E-state index contributed by atoms with van der Waals surface area (Å²) >= 11 is 1.28. The number of anilines is 3. The summed E-state index contributed by atoms with van der Waals surface area (Å²) in [5.41, 5.74) is 1.70. The van der Waals surface area contributed by atoms with Crippen molar-refractivity contribution in [2.75, 3.05) is 10.6 Å². The van der Waals surface area contributed by atoms with E-state index in [9.17, 15) is 18.0 Å². The molecule has 1 amide bonds. The van der Waals surface area contributed by atoms with Crippen molar-refractivity contribution in [2.45, 2.75) is 13.1 Å². The lowest BCUT2D eigenvalue weighted by Crippen LogP contribution is -2.05. The summed E-state index contributed by atoms with van der Waals surface area (Å²) in [5, 5.41) is 7.86. The van der Waals surface area contributed by atoms with Crippen LogP contribution in [0.25, 0.3) is 11.3 Å². The van der Waals surface area contributed by atoms with E-state index in [0.29, 0.717) is 22.2 Å². The molecular weight excluding hydrogens is 363 g/mol. The van der Waals surface area contributed by atoms with Gasteiger partial charge in [0.15, 0.2) is 5.13 Å². The number of amides is 1. The minimum atomic E-state index is -4.39. The Labute approximate surface area is 151 Å². The van der Waals surface area contributed by atoms with Crippen LogP contribution in [0, 0.1) is 0 Å². The van der Waals surface area contributed by atoms with E-state index in [4.69, 9.17) is 0 Å². The molecule has 8 heteroatoms. The fraction of sp³-hybridized carbons (Fsp3) is 0.111. The van der Waals surface area contributed by atoms with Crippen LogP contribution in [0.1, 0.15) is 12.5 Å². The normalized spacial score (nSPS) is 11.2. The number of carbonyl (C=O) groups excluding carboxylic acids is 1. The van der Waals surface area contributed by atoms with Gasteiger partial charge in [0.05, 0.1) is 11.3 Å². The topological polar surface area (TPSA) is 54.0 Å². The lowest BCUT2D eigenvalue weighted by atomic mass is 10.1. The first-order chi connectivity index (χ1) is 12.3. The number of hydrogen-bond donors (Lipinski definition) is 2. The average molecular weight is 377 g/mol. The van der Waals surface area contributed by atoms with E-state index < -0.39 is 11.7 Å². The fourth-order valence-corrected chi connectivity index (χ4v) is 3.06. The van der Waals surface area contributed by atoms with E-state index in [2.05, 4.69) is 15.6 Å². The van der Waals surface area contributed by atoms with Gasteiger partial charge < -0.3 is 10.6 Å². The van der Waals surface area contributed by atoms with Crippen LogP contribution in [0.5, 0.6) is 0 Å². The first kappa shape index (κ1) is 17.9. The average Bonchev–Trinajstić information content (AvgIpc) is 3.02. The number of nitrogens with one attached hydrogen (secondary N) is 2. The number of thiazole rings is 1. The second kappa shape index (κ2) is 7.17. The van der Waals surface area contributed by atoms with Crippen molar-refractivity contribution in [3.05, 3.63) is 59.5 Å². The van der Waals surface area contributed by atoms with Crippen LogP contribution in [0.4, 0.5) is 29.7 Å². The second-order valence-electron chi connectivity index (χ2n) is 5.50. The summed E-state index contributed by atoms with van der Waals surface area (Å²) in [4.78, 5) is 15.6. The Morgan fingerprint density at radius 2 is 1.81 bits per heavy atom. The minimum absolute atomic E-state index is 0.174. The van der Waals surface area contributed by atoms with Crippen molar-refractivity contribution in [2.24, 2.45) is 0 Å². The third kappa shape index (κ3) is 4.40. The van der Waals surface area contributed by atoms with Gasteiger partial charge in [-0.25, -0.2) is 4.98 Å². The summed E-state index contributed by atoms with van der Waals surface area (Å²) in [6, 6.07) is 12.1. The van der Waals surface area contributed by atoms with Crippen LogP contribution in [0.15, 0.2) is 53.9 Å². The molecule has 1 heterocycles. The van der Waals surface area contributed by atoms with E-state index in [1.165, 1.54) is 24.3 Å². The van der Waals surface area contributed by atoms with Crippen molar-refractivity contribution < 1.29 is 18.0 Å². The van der Waals surface area contributed by atoms with E-state index in [0.717, 1.165) is 17.7 Å². The van der Waals surface area contributed by atoms with Gasteiger partial charge in [0.25, 0.3) is 0 Å². The molecule has 0 atom stereocenters. The molecule has 0 fully saturated rings. The van der Waals surface area contributed by atoms with Gasteiger partial charge in [-0.3, -0.25) is 4.79 Å². The maximum Gasteiger partial charge on any atom is 0.416 e. The monoisotopic (exact) mass is 377 g/mol. The Hall–Kier alpha value is -2.87. The molecule has 0 radical (unpaired) electrons. The van der Waals surface area contributed by atoms with Crippen LogP contribution in [0.3, 0.4) is 0 Å². The molecule has 2 N–H and O–H groups in total. The van der Waals surface area contributed by atoms with Crippen LogP contribution in [-0.4, -0.2) is 10.9 Å². The smallest absolute Gasteiger partial charge is 0.332 e. The van der Waals surface area contributed by atoms with Crippen molar-refractivity contribution in [3.8, 4) is 11.3 Å². The standard InChI is InChI=1S/C18H14F3N3OS/c1-11(25)22-14-6-2-4-12(8-14)16-10-26-17(24-16)23-15-7-3-5-13(9-15)18(19,20)21/h2-10H,1H3,(H,22,25)(H,23,24). The molecule has 0 unspecified atom stereocenters. The van der Waals surface area contributed by atoms with Gasteiger partial charge in [-0.15, -0.1) is 11.3 Å². The highest BCUT2D eigenvalue weighted by atomic mass is 32.1. The highest BCUT2D eigenvalue weighted by Gasteiger charge is 2.30. The first-order valence-electron chi connectivity index (χ1n) is 7.59. The molecule has 0 aliphatic rings. The number of benzene rings is 2. The van der Waals surface area contributed by atoms with Crippen LogP contribution in [-0.2, 0) is 11.0 Å². The van der Waals surface area contributed by atoms with Gasteiger partial charge in [-0.05, 0) is 30.3 Å². The molecule has 0 aliphatic heterocycles. The van der Waals surface area contributed by atoms with Gasteiger partial charge in [0.1, 0.15) is 0 Å². The third-order valence-corrected chi connectivity index (χ3v) is 4.18. The number of nitrogens with zero attached hydrogens (tertiary/aromatic N) is 1. The Morgan fingerprint density at radius 3 is 2.54 bits per heavy atom. The lowest BCUT2D eigenvalue weighted by molar-refractivity contribution is -0.137. The number of alkyl halides is 3. The summed E-state index contributed by atoms with van der Waals surface area (Å²) in [6.45, 7) is 1.42. The van der Waals surface area contributed by atoms with Gasteiger partial charge in [-0.2, -0.15) is 13.2 Å². The highest BCUT2D eigenvalue weighted by molar-refractivity contribution is 7.14. The fourth-order valence-electron chi connectivity index (χ4n) is 2.32. The predicted molar refractivity (Wildman–Crippen MR) is 96.6 cm³/mol. The molecule has 3 aromatic rings. The summed E-state index contributed by atoms with van der Waals surface area (Å²) in [5.74, 6) is -0.174. The Kier molecular flexibility index (Phi) is 4.94. The van der Waals surface area contributed by atoms with E-state index in [1.807, 2.05) is 6.07 Å². The molecule has 0 saturated carbocycles. The van der Waals surface area contributed by atoms with Crippen LogP contribution < -0.4 is 10.6 Å². The lowest BCUT2D eigenvalue weighted by Gasteiger charge is -2.09. The largest absolute Gasteiger partial charge is 0.416 e. The minimum Gasteiger partial charge on any atom is -0.332 e. The van der Waals surface area contributed by atoms with Crippen LogP contribution in [0.2, 0.25) is 0 Å². The zero-order chi connectivity index (χ0) is 18.7. The molecule has 2 aromatic carbocycles. The molecule has 0 bridgehead atoms. The molecular formula is C18H14F3N3OS. The van der Waals surface area contributed by atoms with Gasteiger partial charge in [0, 0.05) is 29.2 Å². The van der Waals surface area contributed by atoms with Crippen molar-refractivity contribution in [3.63, 3.8) is 0 Å². The van der Waals surface area contributed by atoms with E-state index in [-0.39, 0.29) is 5.91 Å². The molecule has 4 nitrogen and oxygen atoms in total. The van der Waals surface area contributed by atoms with Gasteiger partial charge >= 0.3 is 6.18 Å². The molecule has 3 rings (SSSR count). The van der Waals surface area contributed by atoms with E-state index >= 15 is 0 Å². The maximum absolute atomic E-state index is 12.8. The van der Waals surface area contributed by atoms with Crippen LogP contribution >= 0.6 is 11.3 Å². The van der Waals surface area contributed by atoms with E-state index in [1.54, 1.807) is 29.6 Å². The Balaban J connectivity index is 1.80. The Morgan fingerprint density at radius 1 is 1.08 bits per heavy atom. The zero-order valence-electron chi connectivity index (χ0n) is 13.6. The SMILES string of the molecule is CC(=O)Nc1cccc(-c2csc(Nc3cccc(C(F)(F)F)c3)n2)c1. The second-order valence-corrected chi connectivity index (χ2v) is 6.36. The molecule has 1 aromatic heterocycles. The van der Waals surface area contributed by atoms with Crippen molar-refractivity contribution >= 4 is 33.8 Å². The molecule has 0 spiro atoms. The van der Waals surface area contributed by atoms with Crippen molar-refractivity contribution in [1.82, 2.24) is 4.98 Å². The third-order valence-electron chi connectivity index (χ3n) is 3.42. The maximum atomic E-state index is 12.8. The quantitative estimate of drug-likeness (QED) is 0.628. The Bertz CT molecular complexity index is 937. The van der Waals surface area contributed by atoms with Gasteiger partial charge in [-0.1, -0.05) is 18.2 Å². The number of hydrogen-bond acceptors (Lipinski definition) is 4. The number of halogens is 3. The van der Waals surface area contributed by atoms with Gasteiger partial charge in [0.2, 0.25) is 5.91 Å². The molecule has 26 heavy (non-hydrogen) atoms. The summed E-state index contributed by atoms with van der Waals surface area (Å²) < 4.78 is 38.4. The molecule has 0 saturated heterocycles. The first-order valence-corrected chi connectivity index (χ1v) is 8.47. The number of carbonyl (C=O) groups is 1. The molecule has 134 valence electrons. The number of rotatable bonds is 4. The summed E-state index contributed by atoms with van der Waals surface area (Å²) in [6.07, 6.45) is -4.39. The summed E-state index contributed by atoms with van der Waals surface area (Å²) in [7, 11) is 0. The number of aromatic nitrogens is 1. The highest BCUT2D eigenvalue weighted by Crippen LogP contribution is 2.33. The predicted octanol–water partition coefficient (Wildman–Crippen LogP) is 5.53. The van der Waals surface area contributed by atoms with Crippen molar-refractivity contribution in [1.29, 1.82) is 0 Å². The zero-order valence-corrected chi connectivity index (χ0v) is 14.4. The molecule has 0 aliphatic carbocycles.